The Morgan fingerprint density at radius 1 is 1.12 bits per heavy atom. The number of imide groups is 1. The van der Waals surface area contributed by atoms with E-state index < -0.39 is 5.54 Å². The zero-order chi connectivity index (χ0) is 18.1. The Morgan fingerprint density at radius 3 is 2.69 bits per heavy atom. The Balaban J connectivity index is 1.49. The number of hydrogen-bond donors (Lipinski definition) is 1. The molecule has 2 aromatic rings. The Morgan fingerprint density at radius 2 is 1.88 bits per heavy atom. The lowest BCUT2D eigenvalue weighted by Gasteiger charge is -2.33. The number of nitrogens with one attached hydrogen (secondary N) is 1. The van der Waals surface area contributed by atoms with Gasteiger partial charge >= 0.3 is 6.03 Å². The van der Waals surface area contributed by atoms with E-state index in [2.05, 4.69) is 21.2 Å². The number of carbonyl (C=O) groups is 2. The molecule has 1 fully saturated rings. The largest absolute Gasteiger partial charge is 0.492 e. The van der Waals surface area contributed by atoms with Crippen LogP contribution in [0.2, 0.25) is 0 Å². The van der Waals surface area contributed by atoms with Gasteiger partial charge in [-0.05, 0) is 54.7 Å². The van der Waals surface area contributed by atoms with E-state index in [4.69, 9.17) is 4.74 Å². The highest BCUT2D eigenvalue weighted by Crippen LogP contribution is 2.39. The van der Waals surface area contributed by atoms with Gasteiger partial charge in [-0.3, -0.25) is 9.69 Å². The summed E-state index contributed by atoms with van der Waals surface area (Å²) in [6.07, 6.45) is 2.46. The number of amides is 3. The molecule has 1 heterocycles. The van der Waals surface area contributed by atoms with Crippen LogP contribution in [-0.2, 0) is 16.8 Å². The number of hydrogen-bond acceptors (Lipinski definition) is 3. The molecule has 3 amide bonds. The van der Waals surface area contributed by atoms with Crippen molar-refractivity contribution in [2.45, 2.75) is 24.8 Å². The van der Waals surface area contributed by atoms with Gasteiger partial charge in [0.15, 0.2) is 0 Å². The van der Waals surface area contributed by atoms with Crippen LogP contribution in [-0.4, -0.2) is 30.0 Å². The standard InChI is InChI=1S/C20H19BrN2O3/c21-15-7-9-16(10-8-15)26-13-12-23-18(24)20(22-19(23)25)11-3-5-14-4-1-2-6-17(14)20/h1-2,4,6-10H,3,5,11-13H2,(H,22,25)/t20-/m1/s1. The number of nitrogens with zero attached hydrogens (tertiary/aromatic N) is 1. The summed E-state index contributed by atoms with van der Waals surface area (Å²) in [4.78, 5) is 26.9. The van der Waals surface area contributed by atoms with E-state index in [9.17, 15) is 9.59 Å². The topological polar surface area (TPSA) is 58.6 Å². The molecule has 4 rings (SSSR count). The summed E-state index contributed by atoms with van der Waals surface area (Å²) in [6, 6.07) is 15.0. The highest BCUT2D eigenvalue weighted by atomic mass is 79.9. The molecule has 1 spiro atoms. The first-order valence-electron chi connectivity index (χ1n) is 8.71. The average molecular weight is 415 g/mol. The minimum atomic E-state index is -0.913. The molecule has 5 nitrogen and oxygen atoms in total. The zero-order valence-electron chi connectivity index (χ0n) is 14.2. The van der Waals surface area contributed by atoms with Crippen LogP contribution in [0, 0.1) is 0 Å². The minimum absolute atomic E-state index is 0.172. The van der Waals surface area contributed by atoms with Gasteiger partial charge in [-0.25, -0.2) is 4.79 Å². The molecule has 1 aliphatic carbocycles. The minimum Gasteiger partial charge on any atom is -0.492 e. The lowest BCUT2D eigenvalue weighted by Crippen LogP contribution is -2.46. The average Bonchev–Trinajstić information content (AvgIpc) is 2.88. The van der Waals surface area contributed by atoms with Crippen molar-refractivity contribution in [3.8, 4) is 5.75 Å². The molecule has 0 radical (unpaired) electrons. The fraction of sp³-hybridized carbons (Fsp3) is 0.300. The molecule has 0 unspecified atom stereocenters. The maximum absolute atomic E-state index is 13.1. The third-order valence-corrected chi connectivity index (χ3v) is 5.58. The van der Waals surface area contributed by atoms with Crippen LogP contribution in [0.1, 0.15) is 24.0 Å². The van der Waals surface area contributed by atoms with E-state index in [0.29, 0.717) is 12.2 Å². The van der Waals surface area contributed by atoms with Crippen molar-refractivity contribution in [3.63, 3.8) is 0 Å². The van der Waals surface area contributed by atoms with E-state index >= 15 is 0 Å². The van der Waals surface area contributed by atoms with Crippen LogP contribution in [0.4, 0.5) is 4.79 Å². The van der Waals surface area contributed by atoms with Crippen molar-refractivity contribution in [2.75, 3.05) is 13.2 Å². The normalized spacial score (nSPS) is 21.7. The highest BCUT2D eigenvalue weighted by Gasteiger charge is 2.53. The molecule has 134 valence electrons. The van der Waals surface area contributed by atoms with E-state index in [1.54, 1.807) is 0 Å². The molecule has 0 aromatic heterocycles. The first kappa shape index (κ1) is 17.1. The fourth-order valence-electron chi connectivity index (χ4n) is 3.80. The lowest BCUT2D eigenvalue weighted by atomic mass is 9.76. The Bertz CT molecular complexity index is 852. The summed E-state index contributed by atoms with van der Waals surface area (Å²) in [6.45, 7) is 0.489. The second kappa shape index (κ2) is 6.76. The van der Waals surface area contributed by atoms with Gasteiger partial charge in [0.05, 0.1) is 6.54 Å². The predicted octanol–water partition coefficient (Wildman–Crippen LogP) is 3.61. The molecule has 1 saturated heterocycles. The van der Waals surface area contributed by atoms with Gasteiger partial charge in [0.2, 0.25) is 0 Å². The lowest BCUT2D eigenvalue weighted by molar-refractivity contribution is -0.132. The van der Waals surface area contributed by atoms with Crippen LogP contribution in [0.25, 0.3) is 0 Å². The van der Waals surface area contributed by atoms with Gasteiger partial charge in [-0.1, -0.05) is 40.2 Å². The summed E-state index contributed by atoms with van der Waals surface area (Å²) < 4.78 is 6.64. The van der Waals surface area contributed by atoms with Crippen LogP contribution < -0.4 is 10.1 Å². The quantitative estimate of drug-likeness (QED) is 0.777. The Hall–Kier alpha value is -2.34. The smallest absolute Gasteiger partial charge is 0.325 e. The first-order chi connectivity index (χ1) is 12.6. The second-order valence-corrected chi connectivity index (χ2v) is 7.52. The van der Waals surface area contributed by atoms with Crippen molar-refractivity contribution in [1.29, 1.82) is 0 Å². The fourth-order valence-corrected chi connectivity index (χ4v) is 4.06. The molecule has 1 atom stereocenters. The number of halogens is 1. The van der Waals surface area contributed by atoms with Crippen molar-refractivity contribution in [1.82, 2.24) is 10.2 Å². The molecule has 26 heavy (non-hydrogen) atoms. The van der Waals surface area contributed by atoms with Crippen LogP contribution in [0.15, 0.2) is 53.0 Å². The summed E-state index contributed by atoms with van der Waals surface area (Å²) in [5.41, 5.74) is 1.16. The molecular weight excluding hydrogens is 396 g/mol. The zero-order valence-corrected chi connectivity index (χ0v) is 15.8. The highest BCUT2D eigenvalue weighted by molar-refractivity contribution is 9.10. The summed E-state index contributed by atoms with van der Waals surface area (Å²) in [5, 5.41) is 2.96. The van der Waals surface area contributed by atoms with Gasteiger partial charge in [-0.2, -0.15) is 0 Å². The number of benzene rings is 2. The third-order valence-electron chi connectivity index (χ3n) is 5.05. The molecule has 0 saturated carbocycles. The van der Waals surface area contributed by atoms with Gasteiger partial charge in [-0.15, -0.1) is 0 Å². The van der Waals surface area contributed by atoms with Gasteiger partial charge < -0.3 is 10.1 Å². The van der Waals surface area contributed by atoms with Crippen LogP contribution >= 0.6 is 15.9 Å². The van der Waals surface area contributed by atoms with E-state index in [0.717, 1.165) is 28.4 Å². The van der Waals surface area contributed by atoms with E-state index in [-0.39, 0.29) is 25.1 Å². The van der Waals surface area contributed by atoms with Crippen molar-refractivity contribution in [2.24, 2.45) is 0 Å². The maximum Gasteiger partial charge on any atom is 0.325 e. The number of carbonyl (C=O) groups excluding carboxylic acids is 2. The summed E-state index contributed by atoms with van der Waals surface area (Å²) in [5.74, 6) is 0.534. The van der Waals surface area contributed by atoms with Crippen molar-refractivity contribution in [3.05, 3.63) is 64.1 Å². The Labute approximate surface area is 160 Å². The molecule has 1 N–H and O–H groups in total. The second-order valence-electron chi connectivity index (χ2n) is 6.61. The maximum atomic E-state index is 13.1. The molecule has 6 heteroatoms. The SMILES string of the molecule is O=C1N[C@@]2(CCCc3ccccc32)C(=O)N1CCOc1ccc(Br)cc1. The number of urea groups is 1. The third kappa shape index (κ3) is 2.88. The monoisotopic (exact) mass is 414 g/mol. The number of fused-ring (bicyclic) bond motifs is 2. The molecule has 2 aromatic carbocycles. The Kier molecular flexibility index (Phi) is 4.44. The van der Waals surface area contributed by atoms with Crippen LogP contribution in [0.5, 0.6) is 5.75 Å². The predicted molar refractivity (Wildman–Crippen MR) is 101 cm³/mol. The van der Waals surface area contributed by atoms with Gasteiger partial charge in [0, 0.05) is 4.47 Å². The molecular formula is C20H19BrN2O3. The van der Waals surface area contributed by atoms with Crippen LogP contribution in [0.3, 0.4) is 0 Å². The molecule has 2 aliphatic rings. The summed E-state index contributed by atoms with van der Waals surface area (Å²) in [7, 11) is 0. The first-order valence-corrected chi connectivity index (χ1v) is 9.50. The molecule has 0 bridgehead atoms. The molecule has 1 aliphatic heterocycles. The van der Waals surface area contributed by atoms with Gasteiger partial charge in [0.1, 0.15) is 17.9 Å². The number of rotatable bonds is 4. The van der Waals surface area contributed by atoms with E-state index in [1.165, 1.54) is 4.90 Å². The summed E-state index contributed by atoms with van der Waals surface area (Å²) >= 11 is 3.38. The number of ether oxygens (including phenoxy) is 1. The van der Waals surface area contributed by atoms with Crippen molar-refractivity contribution >= 4 is 27.9 Å². The van der Waals surface area contributed by atoms with E-state index in [1.807, 2.05) is 48.5 Å². The van der Waals surface area contributed by atoms with Gasteiger partial charge in [0.25, 0.3) is 5.91 Å². The number of aryl methyl sites for hydroxylation is 1. The van der Waals surface area contributed by atoms with Crippen molar-refractivity contribution < 1.29 is 14.3 Å².